The molecule has 2 saturated heterocycles. The quantitative estimate of drug-likeness (QED) is 0.754. The van der Waals surface area contributed by atoms with E-state index in [2.05, 4.69) is 14.8 Å². The number of carbonyl (C=O) groups excluding carboxylic acids is 1. The number of piperazine rings is 1. The predicted molar refractivity (Wildman–Crippen MR) is 108 cm³/mol. The third-order valence-electron chi connectivity index (χ3n) is 5.64. The van der Waals surface area contributed by atoms with Crippen LogP contribution in [0.15, 0.2) is 29.3 Å². The Kier molecular flexibility index (Phi) is 5.59. The SMILES string of the molecule is Cn1cnc2cc(N3CCN(CCN4CCOCCC4=O)CC3)ccc2c1=O. The number of nitrogens with zero attached hydrogens (tertiary/aromatic N) is 5. The molecule has 8 nitrogen and oxygen atoms in total. The van der Waals surface area contributed by atoms with Crippen molar-refractivity contribution in [2.24, 2.45) is 7.05 Å². The van der Waals surface area contributed by atoms with E-state index >= 15 is 0 Å². The van der Waals surface area contributed by atoms with Gasteiger partial charge in [-0.25, -0.2) is 4.98 Å². The minimum absolute atomic E-state index is 0.0187. The Labute approximate surface area is 164 Å². The Morgan fingerprint density at radius 3 is 2.68 bits per heavy atom. The van der Waals surface area contributed by atoms with Crippen LogP contribution in [-0.2, 0) is 16.6 Å². The van der Waals surface area contributed by atoms with Crippen molar-refractivity contribution in [1.82, 2.24) is 19.4 Å². The van der Waals surface area contributed by atoms with Gasteiger partial charge in [0.15, 0.2) is 0 Å². The second-order valence-corrected chi connectivity index (χ2v) is 7.43. The largest absolute Gasteiger partial charge is 0.379 e. The zero-order valence-electron chi connectivity index (χ0n) is 16.3. The molecule has 0 unspecified atom stereocenters. The number of fused-ring (bicyclic) bond motifs is 1. The molecule has 1 aromatic carbocycles. The van der Waals surface area contributed by atoms with Gasteiger partial charge in [0.2, 0.25) is 5.91 Å². The third kappa shape index (κ3) is 4.02. The topological polar surface area (TPSA) is 70.9 Å². The first-order chi connectivity index (χ1) is 13.6. The van der Waals surface area contributed by atoms with Crippen LogP contribution in [0.5, 0.6) is 0 Å². The van der Waals surface area contributed by atoms with Crippen molar-refractivity contribution in [3.63, 3.8) is 0 Å². The van der Waals surface area contributed by atoms with Gasteiger partial charge in [0.1, 0.15) is 0 Å². The molecule has 2 aliphatic rings. The monoisotopic (exact) mass is 385 g/mol. The Morgan fingerprint density at radius 2 is 1.86 bits per heavy atom. The summed E-state index contributed by atoms with van der Waals surface area (Å²) in [6, 6.07) is 5.89. The first kappa shape index (κ1) is 18.9. The molecular weight excluding hydrogens is 358 g/mol. The molecule has 0 N–H and O–H groups in total. The van der Waals surface area contributed by atoms with Crippen molar-refractivity contribution in [1.29, 1.82) is 0 Å². The third-order valence-corrected chi connectivity index (χ3v) is 5.64. The minimum Gasteiger partial charge on any atom is -0.379 e. The average Bonchev–Trinajstić information content (AvgIpc) is 2.93. The van der Waals surface area contributed by atoms with E-state index in [4.69, 9.17) is 4.74 Å². The van der Waals surface area contributed by atoms with Crippen molar-refractivity contribution >= 4 is 22.5 Å². The summed E-state index contributed by atoms with van der Waals surface area (Å²) in [5, 5.41) is 0.651. The first-order valence-electron chi connectivity index (χ1n) is 9.90. The van der Waals surface area contributed by atoms with Gasteiger partial charge in [-0.05, 0) is 18.2 Å². The number of anilines is 1. The first-order valence-corrected chi connectivity index (χ1v) is 9.90. The number of benzene rings is 1. The fraction of sp³-hybridized carbons (Fsp3) is 0.550. The van der Waals surface area contributed by atoms with Gasteiger partial charge >= 0.3 is 0 Å². The molecular formula is C20H27N5O3. The minimum atomic E-state index is -0.0187. The summed E-state index contributed by atoms with van der Waals surface area (Å²) in [6.07, 6.45) is 2.06. The van der Waals surface area contributed by atoms with Crippen molar-refractivity contribution in [3.05, 3.63) is 34.9 Å². The highest BCUT2D eigenvalue weighted by atomic mass is 16.5. The van der Waals surface area contributed by atoms with Gasteiger partial charge in [0.05, 0.1) is 36.9 Å². The maximum Gasteiger partial charge on any atom is 0.260 e. The number of ether oxygens (including phenoxy) is 1. The van der Waals surface area contributed by atoms with E-state index in [1.807, 2.05) is 23.1 Å². The number of aromatic nitrogens is 2. The molecule has 0 saturated carbocycles. The number of carbonyl (C=O) groups is 1. The summed E-state index contributed by atoms with van der Waals surface area (Å²) in [5.74, 6) is 0.200. The number of amides is 1. The lowest BCUT2D eigenvalue weighted by Gasteiger charge is -2.37. The highest BCUT2D eigenvalue weighted by molar-refractivity contribution is 5.81. The molecule has 0 bridgehead atoms. The lowest BCUT2D eigenvalue weighted by Crippen LogP contribution is -2.49. The van der Waals surface area contributed by atoms with E-state index in [-0.39, 0.29) is 11.5 Å². The smallest absolute Gasteiger partial charge is 0.260 e. The Morgan fingerprint density at radius 1 is 1.04 bits per heavy atom. The van der Waals surface area contributed by atoms with Crippen LogP contribution >= 0.6 is 0 Å². The molecule has 8 heteroatoms. The van der Waals surface area contributed by atoms with E-state index < -0.39 is 0 Å². The van der Waals surface area contributed by atoms with Crippen LogP contribution in [0, 0.1) is 0 Å². The van der Waals surface area contributed by atoms with Gasteiger partial charge < -0.3 is 19.1 Å². The molecule has 0 spiro atoms. The number of hydrogen-bond donors (Lipinski definition) is 0. The molecule has 3 heterocycles. The lowest BCUT2D eigenvalue weighted by molar-refractivity contribution is -0.130. The number of aryl methyl sites for hydroxylation is 1. The van der Waals surface area contributed by atoms with Crippen molar-refractivity contribution in [2.75, 3.05) is 63.9 Å². The fourth-order valence-corrected chi connectivity index (χ4v) is 3.84. The standard InChI is InChI=1S/C20H27N5O3/c1-22-15-21-18-14-16(2-3-17(18)20(22)27)24-8-5-23(6-9-24)7-10-25-11-13-28-12-4-19(25)26/h2-3,14-15H,4-13H2,1H3. The van der Waals surface area contributed by atoms with Crippen LogP contribution in [0.2, 0.25) is 0 Å². The van der Waals surface area contributed by atoms with Crippen LogP contribution in [0.3, 0.4) is 0 Å². The highest BCUT2D eigenvalue weighted by Gasteiger charge is 2.21. The molecule has 0 radical (unpaired) electrons. The maximum atomic E-state index is 12.2. The molecule has 2 fully saturated rings. The van der Waals surface area contributed by atoms with Crippen LogP contribution in [0.1, 0.15) is 6.42 Å². The van der Waals surface area contributed by atoms with E-state index in [9.17, 15) is 9.59 Å². The molecule has 150 valence electrons. The summed E-state index contributed by atoms with van der Waals surface area (Å²) in [7, 11) is 1.72. The number of rotatable bonds is 4. The van der Waals surface area contributed by atoms with Crippen LogP contribution in [0.25, 0.3) is 10.9 Å². The Bertz CT molecular complexity index is 904. The van der Waals surface area contributed by atoms with Crippen LogP contribution < -0.4 is 10.5 Å². The predicted octanol–water partition coefficient (Wildman–Crippen LogP) is 0.304. The van der Waals surface area contributed by atoms with E-state index in [0.717, 1.165) is 50.5 Å². The van der Waals surface area contributed by atoms with Crippen LogP contribution in [0.4, 0.5) is 5.69 Å². The van der Waals surface area contributed by atoms with Crippen LogP contribution in [-0.4, -0.2) is 84.3 Å². The summed E-state index contributed by atoms with van der Waals surface area (Å²) < 4.78 is 6.89. The van der Waals surface area contributed by atoms with Crippen molar-refractivity contribution < 1.29 is 9.53 Å². The summed E-state index contributed by atoms with van der Waals surface area (Å²) >= 11 is 0. The molecule has 2 aliphatic heterocycles. The molecule has 1 aromatic heterocycles. The van der Waals surface area contributed by atoms with Gasteiger partial charge in [-0.2, -0.15) is 0 Å². The van der Waals surface area contributed by atoms with E-state index in [0.29, 0.717) is 31.6 Å². The highest BCUT2D eigenvalue weighted by Crippen LogP contribution is 2.20. The molecule has 28 heavy (non-hydrogen) atoms. The molecule has 0 atom stereocenters. The van der Waals surface area contributed by atoms with Gasteiger partial charge in [0.25, 0.3) is 5.56 Å². The zero-order valence-corrected chi connectivity index (χ0v) is 16.3. The second kappa shape index (κ2) is 8.28. The zero-order chi connectivity index (χ0) is 19.5. The van der Waals surface area contributed by atoms with Gasteiger partial charge in [-0.3, -0.25) is 14.5 Å². The Hall–Kier alpha value is -2.45. The van der Waals surface area contributed by atoms with E-state index in [1.54, 1.807) is 13.4 Å². The number of hydrogen-bond acceptors (Lipinski definition) is 6. The summed E-state index contributed by atoms with van der Waals surface area (Å²) in [6.45, 7) is 7.31. The summed E-state index contributed by atoms with van der Waals surface area (Å²) in [4.78, 5) is 35.3. The van der Waals surface area contributed by atoms with Crippen molar-refractivity contribution in [2.45, 2.75) is 6.42 Å². The maximum absolute atomic E-state index is 12.2. The normalized spacial score (nSPS) is 19.2. The Balaban J connectivity index is 1.34. The molecule has 1 amide bonds. The molecule has 4 rings (SSSR count). The van der Waals surface area contributed by atoms with Gasteiger partial charge in [0, 0.05) is 58.5 Å². The van der Waals surface area contributed by atoms with Crippen molar-refractivity contribution in [3.8, 4) is 0 Å². The van der Waals surface area contributed by atoms with Gasteiger partial charge in [-0.1, -0.05) is 0 Å². The molecule has 0 aliphatic carbocycles. The second-order valence-electron chi connectivity index (χ2n) is 7.43. The van der Waals surface area contributed by atoms with E-state index in [1.165, 1.54) is 4.57 Å². The molecule has 2 aromatic rings. The lowest BCUT2D eigenvalue weighted by atomic mass is 10.2. The van der Waals surface area contributed by atoms with Gasteiger partial charge in [-0.15, -0.1) is 0 Å². The summed E-state index contributed by atoms with van der Waals surface area (Å²) in [5.41, 5.74) is 1.83. The fourth-order valence-electron chi connectivity index (χ4n) is 3.84. The average molecular weight is 385 g/mol.